The summed E-state index contributed by atoms with van der Waals surface area (Å²) in [5.41, 5.74) is 0.270. The summed E-state index contributed by atoms with van der Waals surface area (Å²) in [6.45, 7) is 4.67. The molecule has 2 aliphatic rings. The van der Waals surface area contributed by atoms with E-state index in [1.54, 1.807) is 11.0 Å². The van der Waals surface area contributed by atoms with Crippen molar-refractivity contribution in [2.24, 2.45) is 11.8 Å². The van der Waals surface area contributed by atoms with Crippen LogP contribution in [0.1, 0.15) is 50.0 Å². The fraction of sp³-hybridized carbons (Fsp3) is 0.550. The van der Waals surface area contributed by atoms with Crippen LogP contribution in [-0.2, 0) is 4.79 Å². The van der Waals surface area contributed by atoms with Crippen LogP contribution in [0.3, 0.4) is 0 Å². The lowest BCUT2D eigenvalue weighted by molar-refractivity contribution is -0.130. The molecule has 3 heterocycles. The van der Waals surface area contributed by atoms with Gasteiger partial charge < -0.3 is 14.7 Å². The van der Waals surface area contributed by atoms with Crippen molar-refractivity contribution in [2.45, 2.75) is 51.6 Å². The molecule has 1 saturated heterocycles. The van der Waals surface area contributed by atoms with Crippen molar-refractivity contribution in [3.63, 3.8) is 0 Å². The van der Waals surface area contributed by atoms with Gasteiger partial charge in [-0.05, 0) is 36.1 Å². The summed E-state index contributed by atoms with van der Waals surface area (Å²) in [7, 11) is 0. The highest BCUT2D eigenvalue weighted by atomic mass is 32.1. The lowest BCUT2D eigenvalue weighted by Crippen LogP contribution is -2.62. The van der Waals surface area contributed by atoms with E-state index in [1.807, 2.05) is 17.5 Å². The summed E-state index contributed by atoms with van der Waals surface area (Å²) in [4.78, 5) is 28.6. The molecule has 0 radical (unpaired) electrons. The monoisotopic (exact) mass is 387 g/mol. The molecular weight excluding hydrogens is 362 g/mol. The number of carbonyl (C=O) groups is 2. The molecule has 4 rings (SSSR count). The van der Waals surface area contributed by atoms with Crippen molar-refractivity contribution in [1.82, 2.24) is 15.4 Å². The van der Waals surface area contributed by atoms with E-state index in [0.717, 1.165) is 11.3 Å². The summed E-state index contributed by atoms with van der Waals surface area (Å²) in [5.74, 6) is 1.32. The minimum atomic E-state index is -0.449. The van der Waals surface area contributed by atoms with Gasteiger partial charge in [-0.25, -0.2) is 0 Å². The molecule has 2 atom stereocenters. The summed E-state index contributed by atoms with van der Waals surface area (Å²) < 4.78 is 5.38. The van der Waals surface area contributed by atoms with Crippen LogP contribution in [-0.4, -0.2) is 40.5 Å². The number of rotatable bonds is 6. The second kappa shape index (κ2) is 7.46. The zero-order chi connectivity index (χ0) is 19.0. The molecule has 27 heavy (non-hydrogen) atoms. The van der Waals surface area contributed by atoms with E-state index in [9.17, 15) is 9.59 Å². The van der Waals surface area contributed by atoms with Crippen molar-refractivity contribution in [3.05, 3.63) is 29.3 Å². The van der Waals surface area contributed by atoms with Gasteiger partial charge in [0.05, 0.1) is 4.88 Å². The highest BCUT2D eigenvalue weighted by Crippen LogP contribution is 2.35. The first-order chi connectivity index (χ1) is 13.0. The third kappa shape index (κ3) is 4.08. The molecule has 144 valence electrons. The van der Waals surface area contributed by atoms with Gasteiger partial charge in [-0.2, -0.15) is 0 Å². The molecule has 1 N–H and O–H groups in total. The van der Waals surface area contributed by atoms with Crippen LogP contribution in [0.15, 0.2) is 28.1 Å². The largest absolute Gasteiger partial charge is 0.355 e. The first-order valence-corrected chi connectivity index (χ1v) is 10.5. The average Bonchev–Trinajstić information content (AvgIpc) is 3.11. The lowest BCUT2D eigenvalue weighted by Gasteiger charge is -2.40. The Morgan fingerprint density at radius 2 is 2.26 bits per heavy atom. The minimum absolute atomic E-state index is 0.0287. The maximum atomic E-state index is 13.2. The Hall–Kier alpha value is -2.15. The lowest BCUT2D eigenvalue weighted by atomic mass is 9.96. The van der Waals surface area contributed by atoms with Crippen molar-refractivity contribution >= 4 is 23.2 Å². The Morgan fingerprint density at radius 3 is 2.93 bits per heavy atom. The van der Waals surface area contributed by atoms with Crippen molar-refractivity contribution in [1.29, 1.82) is 0 Å². The van der Waals surface area contributed by atoms with E-state index in [2.05, 4.69) is 24.3 Å². The average molecular weight is 388 g/mol. The van der Waals surface area contributed by atoms with E-state index < -0.39 is 6.04 Å². The molecule has 2 amide bonds. The molecule has 0 spiro atoms. The van der Waals surface area contributed by atoms with Gasteiger partial charge in [0.25, 0.3) is 5.91 Å². The van der Waals surface area contributed by atoms with Gasteiger partial charge in [0.2, 0.25) is 5.91 Å². The van der Waals surface area contributed by atoms with Crippen LogP contribution in [0, 0.1) is 11.8 Å². The maximum Gasteiger partial charge on any atom is 0.276 e. The second-order valence-electron chi connectivity index (χ2n) is 8.04. The molecule has 2 aromatic rings. The highest BCUT2D eigenvalue weighted by molar-refractivity contribution is 7.13. The summed E-state index contributed by atoms with van der Waals surface area (Å²) in [6.07, 6.45) is 4.04. The van der Waals surface area contributed by atoms with Crippen LogP contribution in [0.5, 0.6) is 0 Å². The van der Waals surface area contributed by atoms with E-state index in [-0.39, 0.29) is 23.6 Å². The Morgan fingerprint density at radius 1 is 1.44 bits per heavy atom. The maximum absolute atomic E-state index is 13.2. The van der Waals surface area contributed by atoms with Gasteiger partial charge >= 0.3 is 0 Å². The predicted molar refractivity (Wildman–Crippen MR) is 103 cm³/mol. The Kier molecular flexibility index (Phi) is 5.04. The van der Waals surface area contributed by atoms with Crippen molar-refractivity contribution < 1.29 is 14.1 Å². The fourth-order valence-corrected chi connectivity index (χ4v) is 4.38. The van der Waals surface area contributed by atoms with E-state index in [1.165, 1.54) is 24.2 Å². The van der Waals surface area contributed by atoms with Gasteiger partial charge in [-0.1, -0.05) is 37.9 Å². The molecule has 2 unspecified atom stereocenters. The molecular formula is C20H25N3O3S. The predicted octanol–water partition coefficient (Wildman–Crippen LogP) is 3.56. The number of thiophene rings is 1. The van der Waals surface area contributed by atoms with E-state index >= 15 is 0 Å². The smallest absolute Gasteiger partial charge is 0.276 e. The van der Waals surface area contributed by atoms with Gasteiger partial charge in [0.1, 0.15) is 6.04 Å². The van der Waals surface area contributed by atoms with Gasteiger partial charge in [-0.15, -0.1) is 11.3 Å². The quantitative estimate of drug-likeness (QED) is 0.822. The van der Waals surface area contributed by atoms with Crippen LogP contribution in [0.2, 0.25) is 0 Å². The summed E-state index contributed by atoms with van der Waals surface area (Å²) in [6, 6.07) is 5.13. The standard InChI is InChI=1S/C20H25N3O3S/c1-12(2)8-16-19(24)21-14(9-13-5-6-13)11-23(16)20(25)15-10-17(26-22-15)18-4-3-7-27-18/h3-4,7,10,12-14,16H,5-6,8-9,11H2,1-2H3,(H,21,24). The molecule has 1 aliphatic carbocycles. The first-order valence-electron chi connectivity index (χ1n) is 9.63. The van der Waals surface area contributed by atoms with Crippen LogP contribution < -0.4 is 5.32 Å². The number of nitrogens with one attached hydrogen (secondary N) is 1. The fourth-order valence-electron chi connectivity index (χ4n) is 3.70. The third-order valence-electron chi connectivity index (χ3n) is 5.21. The van der Waals surface area contributed by atoms with Crippen molar-refractivity contribution in [2.75, 3.05) is 6.54 Å². The van der Waals surface area contributed by atoms with E-state index in [0.29, 0.717) is 30.6 Å². The number of piperazine rings is 1. The van der Waals surface area contributed by atoms with Gasteiger partial charge in [0, 0.05) is 18.7 Å². The van der Waals surface area contributed by atoms with Crippen LogP contribution in [0.25, 0.3) is 10.6 Å². The molecule has 7 heteroatoms. The number of hydrogen-bond acceptors (Lipinski definition) is 5. The first kappa shape index (κ1) is 18.2. The molecule has 6 nitrogen and oxygen atoms in total. The normalized spacial score (nSPS) is 22.9. The molecule has 0 bridgehead atoms. The second-order valence-corrected chi connectivity index (χ2v) is 8.99. The Balaban J connectivity index is 1.56. The molecule has 2 fully saturated rings. The zero-order valence-corrected chi connectivity index (χ0v) is 16.5. The van der Waals surface area contributed by atoms with Crippen LogP contribution in [0.4, 0.5) is 0 Å². The van der Waals surface area contributed by atoms with Gasteiger partial charge in [0.15, 0.2) is 11.5 Å². The number of nitrogens with zero attached hydrogens (tertiary/aromatic N) is 2. The molecule has 0 aromatic carbocycles. The Bertz CT molecular complexity index is 810. The number of hydrogen-bond donors (Lipinski definition) is 1. The number of aromatic nitrogens is 1. The molecule has 2 aromatic heterocycles. The topological polar surface area (TPSA) is 75.4 Å². The van der Waals surface area contributed by atoms with Crippen molar-refractivity contribution in [3.8, 4) is 10.6 Å². The molecule has 1 aliphatic heterocycles. The van der Waals surface area contributed by atoms with E-state index in [4.69, 9.17) is 4.52 Å². The van der Waals surface area contributed by atoms with Gasteiger partial charge in [-0.3, -0.25) is 9.59 Å². The SMILES string of the molecule is CC(C)CC1C(=O)NC(CC2CC2)CN1C(=O)c1cc(-c2cccs2)on1. The Labute approximate surface area is 162 Å². The highest BCUT2D eigenvalue weighted by Gasteiger charge is 2.40. The van der Waals surface area contributed by atoms with Crippen LogP contribution >= 0.6 is 11.3 Å². The summed E-state index contributed by atoms with van der Waals surface area (Å²) >= 11 is 1.54. The summed E-state index contributed by atoms with van der Waals surface area (Å²) in [5, 5.41) is 9.08. The number of carbonyl (C=O) groups excluding carboxylic acids is 2. The number of amides is 2. The third-order valence-corrected chi connectivity index (χ3v) is 6.09. The minimum Gasteiger partial charge on any atom is -0.355 e. The molecule has 1 saturated carbocycles. The zero-order valence-electron chi connectivity index (χ0n) is 15.7.